The number of ketones is 1. The molecule has 57 heavy (non-hydrogen) atoms. The fraction of sp³-hybridized carbons (Fsp3) is 0.500. The molecule has 2 fully saturated rings. The van der Waals surface area contributed by atoms with E-state index in [4.69, 9.17) is 4.43 Å². The second-order valence-corrected chi connectivity index (χ2v) is 21.1. The molecule has 2 heterocycles. The fourth-order valence-electron chi connectivity index (χ4n) is 8.34. The summed E-state index contributed by atoms with van der Waals surface area (Å²) in [5.41, 5.74) is -0.435. The third-order valence-corrected chi connectivity index (χ3v) is 16.9. The topological polar surface area (TPSA) is 134 Å². The summed E-state index contributed by atoms with van der Waals surface area (Å²) in [5, 5.41) is 10.8. The van der Waals surface area contributed by atoms with Gasteiger partial charge in [-0.05, 0) is 66.4 Å². The van der Waals surface area contributed by atoms with E-state index in [1.165, 1.54) is 0 Å². The van der Waals surface area contributed by atoms with Gasteiger partial charge in [-0.25, -0.2) is 0 Å². The van der Waals surface area contributed by atoms with Gasteiger partial charge >= 0.3 is 0 Å². The van der Waals surface area contributed by atoms with Crippen LogP contribution in [0.2, 0.25) is 5.04 Å². The Morgan fingerprint density at radius 3 is 1.98 bits per heavy atom. The number of carbonyl (C=O) groups excluding carboxylic acids is 5. The lowest BCUT2D eigenvalue weighted by atomic mass is 9.94. The predicted molar refractivity (Wildman–Crippen MR) is 226 cm³/mol. The van der Waals surface area contributed by atoms with Gasteiger partial charge in [-0.3, -0.25) is 24.0 Å². The highest BCUT2D eigenvalue weighted by molar-refractivity contribution is 6.99. The van der Waals surface area contributed by atoms with Crippen molar-refractivity contribution < 1.29 is 28.4 Å². The summed E-state index contributed by atoms with van der Waals surface area (Å²) >= 11 is 0. The Kier molecular flexibility index (Phi) is 14.7. The number of benzene rings is 3. The molecule has 3 N–H and O–H groups in total. The summed E-state index contributed by atoms with van der Waals surface area (Å²) in [6, 6.07) is 27.5. The van der Waals surface area contributed by atoms with E-state index in [-0.39, 0.29) is 35.5 Å². The maximum Gasteiger partial charge on any atom is 0.262 e. The molecule has 3 aromatic carbocycles. The molecule has 2 aliphatic rings. The molecule has 2 saturated heterocycles. The van der Waals surface area contributed by atoms with Gasteiger partial charge in [-0.15, -0.1) is 0 Å². The predicted octanol–water partition coefficient (Wildman–Crippen LogP) is 5.36. The van der Waals surface area contributed by atoms with Crippen molar-refractivity contribution in [1.82, 2.24) is 20.9 Å². The Balaban J connectivity index is 1.26. The smallest absolute Gasteiger partial charge is 0.262 e. The van der Waals surface area contributed by atoms with E-state index in [0.29, 0.717) is 57.9 Å². The monoisotopic (exact) mass is 794 g/mol. The normalized spacial score (nSPS) is 22.7. The highest BCUT2D eigenvalue weighted by atomic mass is 28.4. The molecule has 0 aliphatic carbocycles. The van der Waals surface area contributed by atoms with Crippen LogP contribution in [0.4, 0.5) is 0 Å². The van der Waals surface area contributed by atoms with Crippen LogP contribution in [-0.4, -0.2) is 78.9 Å². The summed E-state index contributed by atoms with van der Waals surface area (Å²) in [6.45, 7) is 12.5. The van der Waals surface area contributed by atoms with Gasteiger partial charge in [-0.1, -0.05) is 138 Å². The van der Waals surface area contributed by atoms with Crippen LogP contribution in [-0.2, 0) is 34.8 Å². The molecule has 10 nitrogen and oxygen atoms in total. The first-order valence-corrected chi connectivity index (χ1v) is 22.7. The third kappa shape index (κ3) is 10.1. The minimum absolute atomic E-state index is 0.0591. The number of nitrogens with one attached hydrogen (secondary N) is 3. The number of fused-ring (bicyclic) bond motifs is 1. The highest BCUT2D eigenvalue weighted by Crippen LogP contribution is 2.38. The molecule has 2 aliphatic heterocycles. The van der Waals surface area contributed by atoms with E-state index in [1.54, 1.807) is 11.8 Å². The molecule has 0 radical (unpaired) electrons. The molecular formula is C46H62N4O6Si. The van der Waals surface area contributed by atoms with Gasteiger partial charge in [0.2, 0.25) is 23.6 Å². The number of Topliss-reactive ketones (excluding diaryl/α,β-unsaturated/α-hetero) is 1. The van der Waals surface area contributed by atoms with E-state index in [2.05, 4.69) is 61.0 Å². The first-order valence-electron chi connectivity index (χ1n) is 20.8. The van der Waals surface area contributed by atoms with E-state index in [1.807, 2.05) is 80.6 Å². The van der Waals surface area contributed by atoms with Crippen molar-refractivity contribution in [1.29, 1.82) is 0 Å². The van der Waals surface area contributed by atoms with Crippen molar-refractivity contribution in [2.45, 2.75) is 141 Å². The van der Waals surface area contributed by atoms with E-state index in [9.17, 15) is 24.0 Å². The summed E-state index contributed by atoms with van der Waals surface area (Å²) in [7, 11) is -2.92. The van der Waals surface area contributed by atoms with Crippen LogP contribution in [0.15, 0.2) is 91.0 Å². The molecular weight excluding hydrogens is 733 g/mol. The third-order valence-electron chi connectivity index (χ3n) is 11.8. The zero-order valence-corrected chi connectivity index (χ0v) is 35.6. The SMILES string of the molecule is CC[C@@H](O[Si](c1ccccc1)(c1ccccc1)C(C)(C)C)C(=O)CCCCC[C@@H]1NC(=O)[C@H]2CCCN2C(=O)[C@H](Cc2ccccc2)NC(=O)[C@](C)(CC)NC1=O. The number of carbonyl (C=O) groups is 5. The van der Waals surface area contributed by atoms with Crippen molar-refractivity contribution in [3.05, 3.63) is 96.6 Å². The van der Waals surface area contributed by atoms with Gasteiger partial charge in [0.05, 0.1) is 0 Å². The minimum Gasteiger partial charge on any atom is -0.397 e. The average Bonchev–Trinajstić information content (AvgIpc) is 3.71. The molecule has 0 spiro atoms. The van der Waals surface area contributed by atoms with E-state index >= 15 is 0 Å². The van der Waals surface area contributed by atoms with Crippen LogP contribution < -0.4 is 26.3 Å². The van der Waals surface area contributed by atoms with Crippen LogP contribution in [0, 0.1) is 0 Å². The molecule has 4 amide bonds. The van der Waals surface area contributed by atoms with E-state index < -0.39 is 49.9 Å². The number of hydrogen-bond acceptors (Lipinski definition) is 6. The summed E-state index contributed by atoms with van der Waals surface area (Å²) in [6.07, 6.45) is 4.11. The zero-order chi connectivity index (χ0) is 41.2. The molecule has 5 atom stereocenters. The van der Waals surface area contributed by atoms with Crippen LogP contribution in [0.5, 0.6) is 0 Å². The molecule has 3 aromatic rings. The number of rotatable bonds is 15. The van der Waals surface area contributed by atoms with Crippen molar-refractivity contribution in [3.63, 3.8) is 0 Å². The van der Waals surface area contributed by atoms with Crippen molar-refractivity contribution in [2.24, 2.45) is 0 Å². The molecule has 5 rings (SSSR count). The standard InChI is InChI=1S/C46H62N4O6Si/c1-7-40(56-57(45(3,4)5,34-24-15-10-16-25-34)35-26-17-11-18-27-35)39(51)30-20-12-19-28-36-41(52)49-46(6,8-2)44(55)48-37(32-33-22-13-9-14-23-33)43(54)50-31-21-29-38(50)42(53)47-36/h9-11,13-18,22-27,36-38,40H,7-8,12,19-21,28-32H2,1-6H3,(H,47,53)(H,48,55)(H,49,52)/t36-,37-,38+,40+,46-/m0/s1. The second kappa shape index (κ2) is 19.2. The zero-order valence-electron chi connectivity index (χ0n) is 34.6. The number of hydrogen-bond donors (Lipinski definition) is 3. The second-order valence-electron chi connectivity index (χ2n) is 16.9. The van der Waals surface area contributed by atoms with Crippen molar-refractivity contribution >= 4 is 48.1 Å². The number of unbranched alkanes of at least 4 members (excludes halogenated alkanes) is 2. The van der Waals surface area contributed by atoms with Gasteiger partial charge in [0.15, 0.2) is 5.78 Å². The lowest BCUT2D eigenvalue weighted by Gasteiger charge is -2.44. The lowest BCUT2D eigenvalue weighted by molar-refractivity contribution is -0.144. The van der Waals surface area contributed by atoms with Gasteiger partial charge in [0, 0.05) is 19.4 Å². The highest BCUT2D eigenvalue weighted by Gasteiger charge is 2.52. The molecule has 0 aromatic heterocycles. The van der Waals surface area contributed by atoms with Crippen LogP contribution >= 0.6 is 0 Å². The maximum atomic E-state index is 14.0. The summed E-state index contributed by atoms with van der Waals surface area (Å²) in [4.78, 5) is 71.1. The molecule has 0 saturated carbocycles. The maximum absolute atomic E-state index is 14.0. The van der Waals surface area contributed by atoms with Crippen LogP contribution in [0.1, 0.15) is 105 Å². The molecule has 0 bridgehead atoms. The molecule has 306 valence electrons. The van der Waals surface area contributed by atoms with Crippen molar-refractivity contribution in [3.8, 4) is 0 Å². The van der Waals surface area contributed by atoms with Crippen LogP contribution in [0.25, 0.3) is 0 Å². The summed E-state index contributed by atoms with van der Waals surface area (Å²) in [5.74, 6) is -1.51. The van der Waals surface area contributed by atoms with Crippen molar-refractivity contribution in [2.75, 3.05) is 6.54 Å². The molecule has 11 heteroatoms. The van der Waals surface area contributed by atoms with Gasteiger partial charge in [0.25, 0.3) is 8.32 Å². The number of nitrogens with zero attached hydrogens (tertiary/aromatic N) is 1. The Labute approximate surface area is 340 Å². The lowest BCUT2D eigenvalue weighted by Crippen LogP contribution is -2.68. The van der Waals surface area contributed by atoms with Gasteiger partial charge in [-0.2, -0.15) is 0 Å². The minimum atomic E-state index is -2.92. The Bertz CT molecular complexity index is 1800. The fourth-order valence-corrected chi connectivity index (χ4v) is 13.1. The average molecular weight is 795 g/mol. The quantitative estimate of drug-likeness (QED) is 0.140. The molecule has 0 unspecified atom stereocenters. The Morgan fingerprint density at radius 2 is 1.42 bits per heavy atom. The van der Waals surface area contributed by atoms with Crippen LogP contribution in [0.3, 0.4) is 0 Å². The largest absolute Gasteiger partial charge is 0.397 e. The first kappa shape index (κ1) is 43.5. The number of amides is 4. The Hall–Kier alpha value is -4.61. The van der Waals surface area contributed by atoms with E-state index in [0.717, 1.165) is 15.9 Å². The van der Waals surface area contributed by atoms with Gasteiger partial charge in [0.1, 0.15) is 29.8 Å². The summed E-state index contributed by atoms with van der Waals surface area (Å²) < 4.78 is 7.18. The Morgan fingerprint density at radius 1 is 0.825 bits per heavy atom. The van der Waals surface area contributed by atoms with Gasteiger partial charge < -0.3 is 25.3 Å². The first-order chi connectivity index (χ1) is 27.2.